The molecule has 1 amide bonds. The third-order valence-corrected chi connectivity index (χ3v) is 5.65. The molecule has 0 bridgehead atoms. The molecule has 0 aliphatic carbocycles. The molecule has 1 aliphatic rings. The molecule has 4 aromatic rings. The predicted octanol–water partition coefficient (Wildman–Crippen LogP) is 4.53. The van der Waals surface area contributed by atoms with Crippen molar-refractivity contribution < 1.29 is 9.53 Å². The molecule has 2 aromatic carbocycles. The summed E-state index contributed by atoms with van der Waals surface area (Å²) in [7, 11) is 1.62. The van der Waals surface area contributed by atoms with Crippen molar-refractivity contribution in [3.05, 3.63) is 89.8 Å². The first-order chi connectivity index (χ1) is 14.7. The van der Waals surface area contributed by atoms with Crippen LogP contribution in [0.5, 0.6) is 5.75 Å². The monoisotopic (exact) mass is 412 g/mol. The lowest BCUT2D eigenvalue weighted by Crippen LogP contribution is -2.32. The molecule has 5 rings (SSSR count). The lowest BCUT2D eigenvalue weighted by molar-refractivity contribution is -0.113. The van der Waals surface area contributed by atoms with E-state index in [1.165, 1.54) is 11.3 Å². The van der Waals surface area contributed by atoms with E-state index in [0.29, 0.717) is 22.3 Å². The normalized spacial score (nSPS) is 15.1. The summed E-state index contributed by atoms with van der Waals surface area (Å²) in [4.78, 5) is 28.5. The summed E-state index contributed by atoms with van der Waals surface area (Å²) in [5, 5.41) is 0.550. The molecular weight excluding hydrogens is 396 g/mol. The lowest BCUT2D eigenvalue weighted by Gasteiger charge is -2.14. The van der Waals surface area contributed by atoms with E-state index in [-0.39, 0.29) is 5.91 Å². The van der Waals surface area contributed by atoms with E-state index in [9.17, 15) is 4.79 Å². The van der Waals surface area contributed by atoms with Gasteiger partial charge in [-0.1, -0.05) is 53.8 Å². The van der Waals surface area contributed by atoms with E-state index in [2.05, 4.69) is 15.0 Å². The molecule has 146 valence electrons. The number of pyridine rings is 1. The van der Waals surface area contributed by atoms with Gasteiger partial charge < -0.3 is 4.74 Å². The van der Waals surface area contributed by atoms with Gasteiger partial charge in [0.25, 0.3) is 5.91 Å². The Morgan fingerprint density at radius 2 is 1.80 bits per heavy atom. The van der Waals surface area contributed by atoms with Gasteiger partial charge in [0.1, 0.15) is 17.3 Å². The summed E-state index contributed by atoms with van der Waals surface area (Å²) in [5.74, 6) is 1.09. The van der Waals surface area contributed by atoms with Gasteiger partial charge in [-0.2, -0.15) is 4.98 Å². The van der Waals surface area contributed by atoms with E-state index in [1.54, 1.807) is 24.3 Å². The first-order valence-electron chi connectivity index (χ1n) is 9.29. The number of amidine groups is 1. The molecule has 0 unspecified atom stereocenters. The number of carbonyl (C=O) groups is 1. The summed E-state index contributed by atoms with van der Waals surface area (Å²) < 4.78 is 6.12. The van der Waals surface area contributed by atoms with Gasteiger partial charge in [-0.3, -0.25) is 4.79 Å². The number of aliphatic imine (C=N–C) groups is 1. The maximum Gasteiger partial charge on any atom is 0.284 e. The number of thiazole rings is 1. The van der Waals surface area contributed by atoms with Gasteiger partial charge in [-0.25, -0.2) is 14.9 Å². The molecule has 6 nitrogen and oxygen atoms in total. The molecule has 0 radical (unpaired) electrons. The number of benzene rings is 2. The van der Waals surface area contributed by atoms with Crippen molar-refractivity contribution in [2.24, 2.45) is 4.99 Å². The number of hydrogen-bond donors (Lipinski definition) is 0. The molecule has 0 atom stereocenters. The number of methoxy groups -OCH3 is 1. The molecule has 0 spiro atoms. The van der Waals surface area contributed by atoms with Crippen LogP contribution in [0.25, 0.3) is 16.4 Å². The predicted molar refractivity (Wildman–Crippen MR) is 119 cm³/mol. The third kappa shape index (κ3) is 3.25. The fourth-order valence-corrected chi connectivity index (χ4v) is 4.11. The molecule has 30 heavy (non-hydrogen) atoms. The van der Waals surface area contributed by atoms with Crippen molar-refractivity contribution in [1.82, 2.24) is 9.97 Å². The zero-order valence-electron chi connectivity index (χ0n) is 16.0. The van der Waals surface area contributed by atoms with Crippen LogP contribution < -0.4 is 9.64 Å². The standard InChI is InChI=1S/C23H16N4O2S/c1-29-17-11-9-15(10-12-17)14-18-22(28)27(21(25-18)16-6-3-2-4-7-16)23-26-20-19(30-23)8-5-13-24-20/h2-14H,1H3/b18-14+. The molecule has 2 aromatic heterocycles. The topological polar surface area (TPSA) is 67.7 Å². The van der Waals surface area contributed by atoms with Crippen molar-refractivity contribution in [3.8, 4) is 5.75 Å². The van der Waals surface area contributed by atoms with Crippen LogP contribution in [0.15, 0.2) is 83.6 Å². The minimum absolute atomic E-state index is 0.219. The number of anilines is 1. The summed E-state index contributed by atoms with van der Waals surface area (Å²) in [6, 6.07) is 20.9. The number of hydrogen-bond acceptors (Lipinski definition) is 6. The fraction of sp³-hybridized carbons (Fsp3) is 0.0435. The van der Waals surface area contributed by atoms with Crippen molar-refractivity contribution in [2.75, 3.05) is 12.0 Å². The third-order valence-electron chi connectivity index (χ3n) is 4.66. The Hall–Kier alpha value is -3.84. The first-order valence-corrected chi connectivity index (χ1v) is 10.1. The minimum atomic E-state index is -0.219. The Kier molecular flexibility index (Phi) is 4.57. The molecule has 0 fully saturated rings. The smallest absolute Gasteiger partial charge is 0.284 e. The van der Waals surface area contributed by atoms with E-state index in [0.717, 1.165) is 21.6 Å². The van der Waals surface area contributed by atoms with Crippen LogP contribution in [-0.4, -0.2) is 28.8 Å². The zero-order valence-corrected chi connectivity index (χ0v) is 16.8. The van der Waals surface area contributed by atoms with Gasteiger partial charge >= 0.3 is 0 Å². The average molecular weight is 412 g/mol. The van der Waals surface area contributed by atoms with Crippen molar-refractivity contribution in [2.45, 2.75) is 0 Å². The first kappa shape index (κ1) is 18.2. The maximum atomic E-state index is 13.4. The lowest BCUT2D eigenvalue weighted by atomic mass is 10.2. The quantitative estimate of drug-likeness (QED) is 0.462. The van der Waals surface area contributed by atoms with E-state index >= 15 is 0 Å². The number of rotatable bonds is 4. The van der Waals surface area contributed by atoms with Gasteiger partial charge in [0.05, 0.1) is 11.8 Å². The highest BCUT2D eigenvalue weighted by atomic mass is 32.1. The van der Waals surface area contributed by atoms with E-state index < -0.39 is 0 Å². The summed E-state index contributed by atoms with van der Waals surface area (Å²) in [6.07, 6.45) is 3.47. The number of ether oxygens (including phenoxy) is 1. The molecule has 1 aliphatic heterocycles. The van der Waals surface area contributed by atoms with Crippen molar-refractivity contribution >= 4 is 44.6 Å². The van der Waals surface area contributed by atoms with Crippen molar-refractivity contribution in [1.29, 1.82) is 0 Å². The second kappa shape index (κ2) is 7.53. The molecule has 0 saturated carbocycles. The van der Waals surface area contributed by atoms with Crippen LogP contribution in [0.4, 0.5) is 5.13 Å². The van der Waals surface area contributed by atoms with E-state index in [1.807, 2.05) is 66.7 Å². The minimum Gasteiger partial charge on any atom is -0.497 e. The number of aromatic nitrogens is 2. The van der Waals surface area contributed by atoms with Crippen LogP contribution in [0, 0.1) is 0 Å². The Balaban J connectivity index is 1.61. The number of carbonyl (C=O) groups excluding carboxylic acids is 1. The van der Waals surface area contributed by atoms with Crippen LogP contribution >= 0.6 is 11.3 Å². The van der Waals surface area contributed by atoms with Crippen molar-refractivity contribution in [3.63, 3.8) is 0 Å². The average Bonchev–Trinajstić information content (AvgIpc) is 3.36. The molecular formula is C23H16N4O2S. The summed E-state index contributed by atoms with van der Waals surface area (Å²) in [6.45, 7) is 0. The highest BCUT2D eigenvalue weighted by Crippen LogP contribution is 2.33. The summed E-state index contributed by atoms with van der Waals surface area (Å²) in [5.41, 5.74) is 2.68. The van der Waals surface area contributed by atoms with Crippen LogP contribution in [0.1, 0.15) is 11.1 Å². The van der Waals surface area contributed by atoms with Gasteiger partial charge in [0.2, 0.25) is 5.13 Å². The highest BCUT2D eigenvalue weighted by molar-refractivity contribution is 7.22. The van der Waals surface area contributed by atoms with Gasteiger partial charge in [0, 0.05) is 11.8 Å². The second-order valence-electron chi connectivity index (χ2n) is 6.57. The Labute approximate surface area is 176 Å². The molecule has 0 saturated heterocycles. The second-order valence-corrected chi connectivity index (χ2v) is 7.58. The molecule has 0 N–H and O–H groups in total. The number of fused-ring (bicyclic) bond motifs is 1. The Morgan fingerprint density at radius 3 is 2.53 bits per heavy atom. The van der Waals surface area contributed by atoms with Crippen LogP contribution in [-0.2, 0) is 4.79 Å². The maximum absolute atomic E-state index is 13.4. The van der Waals surface area contributed by atoms with Crippen LogP contribution in [0.3, 0.4) is 0 Å². The fourth-order valence-electron chi connectivity index (χ4n) is 3.19. The molecule has 7 heteroatoms. The molecule has 3 heterocycles. The zero-order chi connectivity index (χ0) is 20.5. The largest absolute Gasteiger partial charge is 0.497 e. The van der Waals surface area contributed by atoms with Gasteiger partial charge in [-0.05, 0) is 35.9 Å². The van der Waals surface area contributed by atoms with Gasteiger partial charge in [-0.15, -0.1) is 0 Å². The SMILES string of the molecule is COc1ccc(/C=C2/N=C(c3ccccc3)N(c3nc4ncccc4s3)C2=O)cc1. The van der Waals surface area contributed by atoms with E-state index in [4.69, 9.17) is 4.74 Å². The van der Waals surface area contributed by atoms with Crippen LogP contribution in [0.2, 0.25) is 0 Å². The Bertz CT molecular complexity index is 1260. The number of nitrogens with zero attached hydrogens (tertiary/aromatic N) is 4. The highest BCUT2D eigenvalue weighted by Gasteiger charge is 2.34. The Morgan fingerprint density at radius 1 is 1.00 bits per heavy atom. The van der Waals surface area contributed by atoms with Gasteiger partial charge in [0.15, 0.2) is 5.65 Å². The summed E-state index contributed by atoms with van der Waals surface area (Å²) >= 11 is 1.42. The number of amides is 1.